The number of carbonyl (C=O) groups is 2. The van der Waals surface area contributed by atoms with Crippen molar-refractivity contribution < 1.29 is 14.3 Å². The second kappa shape index (κ2) is 13.6. The number of ether oxygens (including phenoxy) is 1. The number of allylic oxidation sites excluding steroid dienone is 1. The van der Waals surface area contributed by atoms with Crippen molar-refractivity contribution in [2.24, 2.45) is 0 Å². The van der Waals surface area contributed by atoms with Crippen molar-refractivity contribution in [3.8, 4) is 0 Å². The van der Waals surface area contributed by atoms with Crippen molar-refractivity contribution in [2.75, 3.05) is 24.6 Å². The number of hydrogen-bond acceptors (Lipinski definition) is 4. The van der Waals surface area contributed by atoms with Gasteiger partial charge in [-0.1, -0.05) is 56.2 Å². The van der Waals surface area contributed by atoms with E-state index in [-0.39, 0.29) is 18.3 Å². The van der Waals surface area contributed by atoms with Crippen LogP contribution in [0.5, 0.6) is 0 Å². The van der Waals surface area contributed by atoms with Crippen LogP contribution >= 0.6 is 0 Å². The van der Waals surface area contributed by atoms with Crippen molar-refractivity contribution in [1.29, 1.82) is 0 Å². The molecular formula is C29H38N2O3. The van der Waals surface area contributed by atoms with Gasteiger partial charge in [-0.2, -0.15) is 0 Å². The fourth-order valence-corrected chi connectivity index (χ4v) is 4.33. The van der Waals surface area contributed by atoms with Gasteiger partial charge in [0, 0.05) is 30.0 Å². The van der Waals surface area contributed by atoms with E-state index in [2.05, 4.69) is 41.4 Å². The van der Waals surface area contributed by atoms with Gasteiger partial charge >= 0.3 is 5.97 Å². The summed E-state index contributed by atoms with van der Waals surface area (Å²) in [7, 11) is 0. The van der Waals surface area contributed by atoms with Gasteiger partial charge < -0.3 is 15.0 Å². The first kappa shape index (κ1) is 25.5. The molecule has 1 saturated heterocycles. The minimum atomic E-state index is -0.342. The molecule has 2 aromatic rings. The first-order chi connectivity index (χ1) is 16.6. The van der Waals surface area contributed by atoms with E-state index < -0.39 is 0 Å². The predicted octanol–water partition coefficient (Wildman–Crippen LogP) is 6.13. The van der Waals surface area contributed by atoms with Crippen molar-refractivity contribution >= 4 is 23.3 Å². The summed E-state index contributed by atoms with van der Waals surface area (Å²) in [6, 6.07) is 15.5. The maximum absolute atomic E-state index is 13.0. The van der Waals surface area contributed by atoms with E-state index in [1.165, 1.54) is 37.8 Å². The van der Waals surface area contributed by atoms with Gasteiger partial charge in [-0.25, -0.2) is 4.79 Å². The van der Waals surface area contributed by atoms with Crippen LogP contribution in [0.2, 0.25) is 0 Å². The quantitative estimate of drug-likeness (QED) is 0.322. The zero-order valence-electron chi connectivity index (χ0n) is 20.6. The largest absolute Gasteiger partial charge is 0.462 e. The predicted molar refractivity (Wildman–Crippen MR) is 139 cm³/mol. The zero-order valence-corrected chi connectivity index (χ0v) is 20.6. The van der Waals surface area contributed by atoms with Crippen LogP contribution in [-0.2, 0) is 16.0 Å². The lowest BCUT2D eigenvalue weighted by molar-refractivity contribution is -0.119. The van der Waals surface area contributed by atoms with Gasteiger partial charge in [0.15, 0.2) is 0 Å². The standard InChI is InChI=1S/C29H38N2O3/c1-3-5-6-8-14-26(25-13-9-10-15-27(25)31-20-11-7-12-21-31)30-28(32)22-23-16-18-24(19-17-23)29(33)34-4-2/h9-10,13-19H,3-8,11-12,20-22H2,1-2H3,(H,30,32)/b26-14+. The van der Waals surface area contributed by atoms with E-state index in [0.29, 0.717) is 12.2 Å². The van der Waals surface area contributed by atoms with Crippen molar-refractivity contribution in [2.45, 2.75) is 65.2 Å². The molecule has 2 aromatic carbocycles. The summed E-state index contributed by atoms with van der Waals surface area (Å²) >= 11 is 0. The van der Waals surface area contributed by atoms with E-state index in [9.17, 15) is 9.59 Å². The summed E-state index contributed by atoms with van der Waals surface area (Å²) in [5, 5.41) is 3.20. The molecule has 3 rings (SSSR count). The van der Waals surface area contributed by atoms with E-state index in [4.69, 9.17) is 4.74 Å². The second-order valence-electron chi connectivity index (χ2n) is 8.82. The number of esters is 1. The fourth-order valence-electron chi connectivity index (χ4n) is 4.33. The Balaban J connectivity index is 1.75. The summed E-state index contributed by atoms with van der Waals surface area (Å²) in [5.41, 5.74) is 4.54. The third-order valence-electron chi connectivity index (χ3n) is 6.15. The fraction of sp³-hybridized carbons (Fsp3) is 0.448. The van der Waals surface area contributed by atoms with Crippen LogP contribution in [0.15, 0.2) is 54.6 Å². The number of benzene rings is 2. The molecule has 1 heterocycles. The SMILES string of the molecule is CCCCC/C=C(/NC(=O)Cc1ccc(C(=O)OCC)cc1)c1ccccc1N1CCCCC1. The number of rotatable bonds is 11. The number of piperidine rings is 1. The Kier molecular flexibility index (Phi) is 10.2. The summed E-state index contributed by atoms with van der Waals surface area (Å²) in [4.78, 5) is 27.4. The Bertz CT molecular complexity index is 960. The molecule has 5 heteroatoms. The van der Waals surface area contributed by atoms with Crippen LogP contribution in [0.25, 0.3) is 5.70 Å². The number of anilines is 1. The van der Waals surface area contributed by atoms with Gasteiger partial charge in [-0.3, -0.25) is 4.79 Å². The van der Waals surface area contributed by atoms with Gasteiger partial charge in [0.05, 0.1) is 18.6 Å². The average Bonchev–Trinajstić information content (AvgIpc) is 2.87. The number of carbonyl (C=O) groups excluding carboxylic acids is 2. The van der Waals surface area contributed by atoms with Gasteiger partial charge in [0.25, 0.3) is 0 Å². The first-order valence-corrected chi connectivity index (χ1v) is 12.7. The molecule has 0 radical (unpaired) electrons. The van der Waals surface area contributed by atoms with Crippen LogP contribution < -0.4 is 10.2 Å². The topological polar surface area (TPSA) is 58.6 Å². The highest BCUT2D eigenvalue weighted by molar-refractivity contribution is 5.91. The molecule has 0 atom stereocenters. The molecule has 0 saturated carbocycles. The normalized spacial score (nSPS) is 14.1. The molecule has 1 fully saturated rings. The maximum Gasteiger partial charge on any atom is 0.338 e. The summed E-state index contributed by atoms with van der Waals surface area (Å²) < 4.78 is 5.04. The average molecular weight is 463 g/mol. The molecule has 34 heavy (non-hydrogen) atoms. The van der Waals surface area contributed by atoms with E-state index in [1.54, 1.807) is 19.1 Å². The van der Waals surface area contributed by atoms with E-state index in [0.717, 1.165) is 42.8 Å². The molecule has 0 aliphatic carbocycles. The van der Waals surface area contributed by atoms with Gasteiger partial charge in [-0.15, -0.1) is 0 Å². The number of para-hydroxylation sites is 1. The maximum atomic E-state index is 13.0. The van der Waals surface area contributed by atoms with Crippen molar-refractivity contribution in [3.05, 3.63) is 71.3 Å². The highest BCUT2D eigenvalue weighted by Crippen LogP contribution is 2.29. The number of unbranched alkanes of at least 4 members (excludes halogenated alkanes) is 3. The number of amides is 1. The number of nitrogens with one attached hydrogen (secondary N) is 1. The molecule has 5 nitrogen and oxygen atoms in total. The lowest BCUT2D eigenvalue weighted by Gasteiger charge is -2.31. The van der Waals surface area contributed by atoms with Crippen LogP contribution in [0.1, 0.15) is 80.3 Å². The van der Waals surface area contributed by atoms with Crippen LogP contribution in [0.4, 0.5) is 5.69 Å². The number of hydrogen-bond donors (Lipinski definition) is 1. The molecule has 0 aromatic heterocycles. The van der Waals surface area contributed by atoms with Crippen molar-refractivity contribution in [3.63, 3.8) is 0 Å². The van der Waals surface area contributed by atoms with Gasteiger partial charge in [0.2, 0.25) is 5.91 Å². The molecule has 0 spiro atoms. The van der Waals surface area contributed by atoms with Crippen LogP contribution in [-0.4, -0.2) is 31.6 Å². The zero-order chi connectivity index (χ0) is 24.2. The summed E-state index contributed by atoms with van der Waals surface area (Å²) in [6.45, 7) is 6.44. The van der Waals surface area contributed by atoms with E-state index >= 15 is 0 Å². The number of nitrogens with zero attached hydrogens (tertiary/aromatic N) is 1. The Morgan fingerprint density at radius 3 is 2.41 bits per heavy atom. The minimum absolute atomic E-state index is 0.0564. The van der Waals surface area contributed by atoms with E-state index in [1.807, 2.05) is 18.2 Å². The summed E-state index contributed by atoms with van der Waals surface area (Å²) in [6.07, 6.45) is 10.5. The summed E-state index contributed by atoms with van der Waals surface area (Å²) in [5.74, 6) is -0.399. The molecule has 1 amide bonds. The molecule has 182 valence electrons. The molecular weight excluding hydrogens is 424 g/mol. The Morgan fingerprint density at radius 2 is 1.71 bits per heavy atom. The van der Waals surface area contributed by atoms with Crippen LogP contribution in [0.3, 0.4) is 0 Å². The third kappa shape index (κ3) is 7.47. The first-order valence-electron chi connectivity index (χ1n) is 12.7. The van der Waals surface area contributed by atoms with Crippen molar-refractivity contribution in [1.82, 2.24) is 5.32 Å². The van der Waals surface area contributed by atoms with Gasteiger partial charge in [-0.05, 0) is 62.8 Å². The lowest BCUT2D eigenvalue weighted by Crippen LogP contribution is -2.31. The second-order valence-corrected chi connectivity index (χ2v) is 8.82. The Morgan fingerprint density at radius 1 is 0.971 bits per heavy atom. The molecule has 1 N–H and O–H groups in total. The van der Waals surface area contributed by atoms with Gasteiger partial charge in [0.1, 0.15) is 0 Å². The molecule has 1 aliphatic rings. The monoisotopic (exact) mass is 462 g/mol. The van der Waals surface area contributed by atoms with Crippen LogP contribution in [0, 0.1) is 0 Å². The smallest absolute Gasteiger partial charge is 0.338 e. The molecule has 0 bridgehead atoms. The highest BCUT2D eigenvalue weighted by Gasteiger charge is 2.18. The Hall–Kier alpha value is -3.08. The third-order valence-corrected chi connectivity index (χ3v) is 6.15. The lowest BCUT2D eigenvalue weighted by atomic mass is 10.0. The molecule has 1 aliphatic heterocycles. The Labute approximate surface area is 204 Å². The molecule has 0 unspecified atom stereocenters. The minimum Gasteiger partial charge on any atom is -0.462 e. The highest BCUT2D eigenvalue weighted by atomic mass is 16.5.